The molecule has 1 aromatic carbocycles. The van der Waals surface area contributed by atoms with Gasteiger partial charge in [-0.1, -0.05) is 19.9 Å². The Morgan fingerprint density at radius 3 is 3.00 bits per heavy atom. The van der Waals surface area contributed by atoms with Crippen LogP contribution in [0.15, 0.2) is 34.9 Å². The zero-order valence-electron chi connectivity index (χ0n) is 13.4. The first-order valence-electron chi connectivity index (χ1n) is 7.83. The minimum Gasteiger partial charge on any atom is -0.491 e. The molecule has 0 saturated heterocycles. The van der Waals surface area contributed by atoms with Gasteiger partial charge in [0.1, 0.15) is 24.7 Å². The Morgan fingerprint density at radius 1 is 1.39 bits per heavy atom. The average Bonchev–Trinajstić information content (AvgIpc) is 2.52. The van der Waals surface area contributed by atoms with Crippen molar-refractivity contribution in [2.45, 2.75) is 32.9 Å². The molecule has 1 aliphatic heterocycles. The standard InChI is InChI=1S/C18H21BrN2O2/c1-11(2)6-13(20)10-23-17-8-16-14(7-15(17)19)18-12(9-22-16)4-3-5-21-18/h3-5,7-8,11,13H,6,9-10,20H2,1-2H3/t13-/m0/s1. The van der Waals surface area contributed by atoms with Crippen molar-refractivity contribution < 1.29 is 9.47 Å². The number of rotatable bonds is 5. The fraction of sp³-hybridized carbons (Fsp3) is 0.389. The first-order chi connectivity index (χ1) is 11.0. The zero-order chi connectivity index (χ0) is 16.4. The number of pyridine rings is 1. The van der Waals surface area contributed by atoms with Gasteiger partial charge in [0.25, 0.3) is 0 Å². The molecule has 0 saturated carbocycles. The molecule has 0 aliphatic carbocycles. The van der Waals surface area contributed by atoms with Gasteiger partial charge in [0, 0.05) is 29.4 Å². The number of nitrogens with two attached hydrogens (primary N) is 1. The van der Waals surface area contributed by atoms with Crippen molar-refractivity contribution in [2.24, 2.45) is 11.7 Å². The van der Waals surface area contributed by atoms with Crippen molar-refractivity contribution >= 4 is 15.9 Å². The third kappa shape index (κ3) is 3.67. The second-order valence-electron chi connectivity index (χ2n) is 6.28. The molecule has 0 unspecified atom stereocenters. The summed E-state index contributed by atoms with van der Waals surface area (Å²) in [5, 5.41) is 0. The lowest BCUT2D eigenvalue weighted by Gasteiger charge is -2.22. The summed E-state index contributed by atoms with van der Waals surface area (Å²) in [7, 11) is 0. The minimum atomic E-state index is 0.0289. The summed E-state index contributed by atoms with van der Waals surface area (Å²) in [5.41, 5.74) is 9.14. The third-order valence-electron chi connectivity index (χ3n) is 3.79. The van der Waals surface area contributed by atoms with E-state index in [9.17, 15) is 0 Å². The second kappa shape index (κ2) is 6.89. The third-order valence-corrected chi connectivity index (χ3v) is 4.41. The molecule has 2 heterocycles. The van der Waals surface area contributed by atoms with E-state index in [1.165, 1.54) is 0 Å². The van der Waals surface area contributed by atoms with Crippen LogP contribution in [0.2, 0.25) is 0 Å². The number of hydrogen-bond acceptors (Lipinski definition) is 4. The first kappa shape index (κ1) is 16.3. The van der Waals surface area contributed by atoms with Gasteiger partial charge in [-0.2, -0.15) is 0 Å². The monoisotopic (exact) mass is 376 g/mol. The lowest BCUT2D eigenvalue weighted by atomic mass is 10.0. The summed E-state index contributed by atoms with van der Waals surface area (Å²) in [5.74, 6) is 2.11. The first-order valence-corrected chi connectivity index (χ1v) is 8.63. The van der Waals surface area contributed by atoms with Gasteiger partial charge in [-0.15, -0.1) is 0 Å². The molecular formula is C18H21BrN2O2. The SMILES string of the molecule is CC(C)C[C@H](N)COc1cc2c(cc1Br)-c1ncccc1CO2. The number of ether oxygens (including phenoxy) is 2. The fourth-order valence-electron chi connectivity index (χ4n) is 2.77. The van der Waals surface area contributed by atoms with Gasteiger partial charge in [-0.05, 0) is 40.4 Å². The second-order valence-corrected chi connectivity index (χ2v) is 7.13. The molecule has 1 aliphatic rings. The van der Waals surface area contributed by atoms with Crippen LogP contribution in [0, 0.1) is 5.92 Å². The van der Waals surface area contributed by atoms with Crippen molar-refractivity contribution in [3.63, 3.8) is 0 Å². The molecule has 0 radical (unpaired) electrons. The Bertz CT molecular complexity index is 703. The van der Waals surface area contributed by atoms with Crippen LogP contribution in [0.3, 0.4) is 0 Å². The summed E-state index contributed by atoms with van der Waals surface area (Å²) in [4.78, 5) is 4.48. The molecule has 3 rings (SSSR count). The van der Waals surface area contributed by atoms with Crippen LogP contribution in [-0.4, -0.2) is 17.6 Å². The Morgan fingerprint density at radius 2 is 2.22 bits per heavy atom. The van der Waals surface area contributed by atoms with E-state index < -0.39 is 0 Å². The lowest BCUT2D eigenvalue weighted by molar-refractivity contribution is 0.264. The summed E-state index contributed by atoms with van der Waals surface area (Å²) in [6.45, 7) is 5.34. The zero-order valence-corrected chi connectivity index (χ0v) is 15.0. The van der Waals surface area contributed by atoms with Gasteiger partial charge in [-0.3, -0.25) is 4.98 Å². The van der Waals surface area contributed by atoms with E-state index in [4.69, 9.17) is 15.2 Å². The predicted molar refractivity (Wildman–Crippen MR) is 94.6 cm³/mol. The molecule has 1 atom stereocenters. The number of nitrogens with zero attached hydrogens (tertiary/aromatic N) is 1. The van der Waals surface area contributed by atoms with E-state index in [2.05, 4.69) is 34.8 Å². The summed E-state index contributed by atoms with van der Waals surface area (Å²) >= 11 is 3.58. The molecule has 4 nitrogen and oxygen atoms in total. The van der Waals surface area contributed by atoms with Crippen LogP contribution >= 0.6 is 15.9 Å². The molecule has 1 aromatic heterocycles. The fourth-order valence-corrected chi connectivity index (χ4v) is 3.23. The van der Waals surface area contributed by atoms with Crippen LogP contribution < -0.4 is 15.2 Å². The highest BCUT2D eigenvalue weighted by Gasteiger charge is 2.21. The van der Waals surface area contributed by atoms with E-state index in [0.29, 0.717) is 19.1 Å². The molecule has 0 spiro atoms. The Kier molecular flexibility index (Phi) is 4.87. The highest BCUT2D eigenvalue weighted by Crippen LogP contribution is 2.42. The van der Waals surface area contributed by atoms with Crippen LogP contribution in [0.5, 0.6) is 11.5 Å². The quantitative estimate of drug-likeness (QED) is 0.850. The normalized spacial score (nSPS) is 14.0. The number of fused-ring (bicyclic) bond motifs is 3. The molecule has 23 heavy (non-hydrogen) atoms. The van der Waals surface area contributed by atoms with Gasteiger partial charge in [-0.25, -0.2) is 0 Å². The Hall–Kier alpha value is -1.59. The van der Waals surface area contributed by atoms with Crippen LogP contribution in [0.1, 0.15) is 25.8 Å². The van der Waals surface area contributed by atoms with Crippen LogP contribution in [0.4, 0.5) is 0 Å². The predicted octanol–water partition coefficient (Wildman–Crippen LogP) is 4.16. The highest BCUT2D eigenvalue weighted by molar-refractivity contribution is 9.10. The number of hydrogen-bond donors (Lipinski definition) is 1. The van der Waals surface area contributed by atoms with E-state index >= 15 is 0 Å². The van der Waals surface area contributed by atoms with Crippen molar-refractivity contribution in [1.82, 2.24) is 4.98 Å². The molecule has 5 heteroatoms. The maximum atomic E-state index is 6.09. The largest absolute Gasteiger partial charge is 0.491 e. The molecule has 0 amide bonds. The van der Waals surface area contributed by atoms with E-state index in [1.807, 2.05) is 24.3 Å². The molecule has 122 valence electrons. The summed E-state index contributed by atoms with van der Waals surface area (Å²) in [6, 6.07) is 7.91. The van der Waals surface area contributed by atoms with Crippen molar-refractivity contribution in [1.29, 1.82) is 0 Å². The van der Waals surface area contributed by atoms with Crippen LogP contribution in [0.25, 0.3) is 11.3 Å². The number of aromatic nitrogens is 1. The van der Waals surface area contributed by atoms with Crippen molar-refractivity contribution in [2.75, 3.05) is 6.61 Å². The van der Waals surface area contributed by atoms with Gasteiger partial charge in [0.2, 0.25) is 0 Å². The molecule has 0 fully saturated rings. The molecular weight excluding hydrogens is 356 g/mol. The Balaban J connectivity index is 1.81. The molecule has 2 aromatic rings. The Labute approximate surface area is 145 Å². The van der Waals surface area contributed by atoms with Gasteiger partial charge in [0.15, 0.2) is 0 Å². The highest BCUT2D eigenvalue weighted by atomic mass is 79.9. The van der Waals surface area contributed by atoms with Crippen LogP contribution in [-0.2, 0) is 6.61 Å². The smallest absolute Gasteiger partial charge is 0.137 e. The maximum Gasteiger partial charge on any atom is 0.137 e. The molecule has 0 bridgehead atoms. The van der Waals surface area contributed by atoms with E-state index in [-0.39, 0.29) is 6.04 Å². The minimum absolute atomic E-state index is 0.0289. The average molecular weight is 377 g/mol. The number of benzene rings is 1. The lowest BCUT2D eigenvalue weighted by Crippen LogP contribution is -2.29. The van der Waals surface area contributed by atoms with E-state index in [1.54, 1.807) is 6.20 Å². The number of halogens is 1. The van der Waals surface area contributed by atoms with Crippen molar-refractivity contribution in [3.8, 4) is 22.8 Å². The molecule has 2 N–H and O–H groups in total. The van der Waals surface area contributed by atoms with Gasteiger partial charge < -0.3 is 15.2 Å². The van der Waals surface area contributed by atoms with Gasteiger partial charge in [0.05, 0.1) is 10.2 Å². The summed E-state index contributed by atoms with van der Waals surface area (Å²) in [6.07, 6.45) is 2.74. The van der Waals surface area contributed by atoms with Crippen molar-refractivity contribution in [3.05, 3.63) is 40.5 Å². The van der Waals surface area contributed by atoms with Gasteiger partial charge >= 0.3 is 0 Å². The topological polar surface area (TPSA) is 57.4 Å². The van der Waals surface area contributed by atoms with E-state index in [0.717, 1.165) is 39.2 Å². The maximum absolute atomic E-state index is 6.09. The summed E-state index contributed by atoms with van der Waals surface area (Å²) < 4.78 is 12.6.